The van der Waals surface area contributed by atoms with Crippen molar-refractivity contribution in [2.24, 2.45) is 0 Å². The van der Waals surface area contributed by atoms with Crippen molar-refractivity contribution < 1.29 is 14.6 Å². The van der Waals surface area contributed by atoms with E-state index in [0.717, 1.165) is 23.1 Å². The molecule has 0 heterocycles. The van der Waals surface area contributed by atoms with Crippen LogP contribution in [0, 0.1) is 0 Å². The summed E-state index contributed by atoms with van der Waals surface area (Å²) < 4.78 is 5.70. The first-order valence-electron chi connectivity index (χ1n) is 8.60. The molecule has 0 radical (unpaired) electrons. The van der Waals surface area contributed by atoms with Gasteiger partial charge in [-0.15, -0.1) is 0 Å². The van der Waals surface area contributed by atoms with E-state index in [0.29, 0.717) is 17.7 Å². The first kappa shape index (κ1) is 17.5. The van der Waals surface area contributed by atoms with Crippen molar-refractivity contribution in [2.75, 3.05) is 11.9 Å². The SMILES string of the molecule is CCCOc1ccccc1/C=C/C(=O)Nc1cccc2c(O)cccc12. The summed E-state index contributed by atoms with van der Waals surface area (Å²) in [4.78, 5) is 12.3. The zero-order valence-corrected chi connectivity index (χ0v) is 14.6. The number of anilines is 1. The predicted octanol–water partition coefficient (Wildman–Crippen LogP) is 4.99. The number of aromatic hydroxyl groups is 1. The molecule has 2 N–H and O–H groups in total. The van der Waals surface area contributed by atoms with Gasteiger partial charge in [-0.1, -0.05) is 49.4 Å². The topological polar surface area (TPSA) is 58.6 Å². The third kappa shape index (κ3) is 4.03. The average molecular weight is 347 g/mol. The number of carbonyl (C=O) groups is 1. The number of hydrogen-bond donors (Lipinski definition) is 2. The lowest BCUT2D eigenvalue weighted by Crippen LogP contribution is -2.08. The van der Waals surface area contributed by atoms with Gasteiger partial charge < -0.3 is 15.2 Å². The standard InChI is InChI=1S/C22H21NO3/c1-2-15-26-21-12-4-3-7-16(21)13-14-22(25)23-19-10-5-9-18-17(19)8-6-11-20(18)24/h3-14,24H,2,15H2,1H3,(H,23,25)/b14-13+. The summed E-state index contributed by atoms with van der Waals surface area (Å²) in [5.41, 5.74) is 1.51. The van der Waals surface area contributed by atoms with Gasteiger partial charge in [0.15, 0.2) is 0 Å². The van der Waals surface area contributed by atoms with Gasteiger partial charge in [-0.05, 0) is 30.7 Å². The number of rotatable bonds is 6. The van der Waals surface area contributed by atoms with Crippen LogP contribution in [0.3, 0.4) is 0 Å². The molecule has 4 heteroatoms. The number of hydrogen-bond acceptors (Lipinski definition) is 3. The van der Waals surface area contributed by atoms with E-state index in [2.05, 4.69) is 5.32 Å². The second-order valence-corrected chi connectivity index (χ2v) is 5.89. The van der Waals surface area contributed by atoms with E-state index in [1.807, 2.05) is 49.4 Å². The first-order valence-corrected chi connectivity index (χ1v) is 8.60. The quantitative estimate of drug-likeness (QED) is 0.618. The molecule has 3 rings (SSSR count). The zero-order valence-electron chi connectivity index (χ0n) is 14.6. The van der Waals surface area contributed by atoms with Crippen molar-refractivity contribution in [2.45, 2.75) is 13.3 Å². The molecule has 0 fully saturated rings. The summed E-state index contributed by atoms with van der Waals surface area (Å²) in [6, 6.07) is 18.3. The fourth-order valence-electron chi connectivity index (χ4n) is 2.70. The number of ether oxygens (including phenoxy) is 1. The largest absolute Gasteiger partial charge is 0.507 e. The fraction of sp³-hybridized carbons (Fsp3) is 0.136. The number of carbonyl (C=O) groups excluding carboxylic acids is 1. The molecule has 0 bridgehead atoms. The molecule has 0 atom stereocenters. The fourth-order valence-corrected chi connectivity index (χ4v) is 2.70. The monoisotopic (exact) mass is 347 g/mol. The Morgan fingerprint density at radius 3 is 2.65 bits per heavy atom. The van der Waals surface area contributed by atoms with Crippen LogP contribution in [0.2, 0.25) is 0 Å². The lowest BCUT2D eigenvalue weighted by molar-refractivity contribution is -0.111. The van der Waals surface area contributed by atoms with Gasteiger partial charge in [-0.2, -0.15) is 0 Å². The van der Waals surface area contributed by atoms with Gasteiger partial charge in [0, 0.05) is 28.1 Å². The predicted molar refractivity (Wildman–Crippen MR) is 106 cm³/mol. The lowest BCUT2D eigenvalue weighted by atomic mass is 10.1. The lowest BCUT2D eigenvalue weighted by Gasteiger charge is -2.09. The molecular weight excluding hydrogens is 326 g/mol. The molecule has 26 heavy (non-hydrogen) atoms. The van der Waals surface area contributed by atoms with E-state index < -0.39 is 0 Å². The molecule has 0 saturated carbocycles. The second-order valence-electron chi connectivity index (χ2n) is 5.89. The zero-order chi connectivity index (χ0) is 18.4. The molecule has 0 aromatic heterocycles. The Kier molecular flexibility index (Phi) is 5.54. The second kappa shape index (κ2) is 8.21. The van der Waals surface area contributed by atoms with Gasteiger partial charge in [-0.25, -0.2) is 0 Å². The minimum absolute atomic E-state index is 0.191. The molecule has 0 saturated heterocycles. The highest BCUT2D eigenvalue weighted by molar-refractivity contribution is 6.08. The molecule has 1 amide bonds. The molecule has 3 aromatic carbocycles. The van der Waals surface area contributed by atoms with Crippen LogP contribution in [-0.4, -0.2) is 17.6 Å². The van der Waals surface area contributed by atoms with Crippen LogP contribution in [0.5, 0.6) is 11.5 Å². The summed E-state index contributed by atoms with van der Waals surface area (Å²) in [5.74, 6) is 0.704. The van der Waals surface area contributed by atoms with Gasteiger partial charge in [0.05, 0.1) is 6.61 Å². The Morgan fingerprint density at radius 1 is 1.04 bits per heavy atom. The Labute approximate surface area is 152 Å². The summed E-state index contributed by atoms with van der Waals surface area (Å²) in [7, 11) is 0. The van der Waals surface area contributed by atoms with Crippen LogP contribution in [-0.2, 0) is 4.79 Å². The van der Waals surface area contributed by atoms with Crippen molar-refractivity contribution in [1.82, 2.24) is 0 Å². The van der Waals surface area contributed by atoms with Gasteiger partial charge in [0.1, 0.15) is 11.5 Å². The first-order chi connectivity index (χ1) is 12.7. The number of nitrogens with one attached hydrogen (secondary N) is 1. The summed E-state index contributed by atoms with van der Waals surface area (Å²) in [6.45, 7) is 2.68. The van der Waals surface area contributed by atoms with Crippen molar-refractivity contribution in [3.63, 3.8) is 0 Å². The van der Waals surface area contributed by atoms with E-state index >= 15 is 0 Å². The smallest absolute Gasteiger partial charge is 0.248 e. The molecule has 0 unspecified atom stereocenters. The summed E-state index contributed by atoms with van der Waals surface area (Å²) in [5, 5.41) is 14.3. The van der Waals surface area contributed by atoms with Gasteiger partial charge in [-0.3, -0.25) is 4.79 Å². The van der Waals surface area contributed by atoms with Crippen LogP contribution < -0.4 is 10.1 Å². The number of phenolic OH excluding ortho intramolecular Hbond substituents is 1. The van der Waals surface area contributed by atoms with Crippen LogP contribution in [0.15, 0.2) is 66.7 Å². The number of benzene rings is 3. The molecule has 0 aliphatic heterocycles. The molecule has 0 aliphatic rings. The van der Waals surface area contributed by atoms with Gasteiger partial charge in [0.25, 0.3) is 0 Å². The third-order valence-electron chi connectivity index (χ3n) is 3.95. The Bertz CT molecular complexity index is 947. The molecule has 132 valence electrons. The maximum Gasteiger partial charge on any atom is 0.248 e. The van der Waals surface area contributed by atoms with Crippen molar-refractivity contribution in [1.29, 1.82) is 0 Å². The van der Waals surface area contributed by atoms with E-state index in [9.17, 15) is 9.90 Å². The van der Waals surface area contributed by atoms with Crippen molar-refractivity contribution in [3.8, 4) is 11.5 Å². The summed E-state index contributed by atoms with van der Waals surface area (Å²) >= 11 is 0. The highest BCUT2D eigenvalue weighted by Gasteiger charge is 2.06. The number of para-hydroxylation sites is 1. The summed E-state index contributed by atoms with van der Waals surface area (Å²) in [6.07, 6.45) is 4.14. The van der Waals surface area contributed by atoms with E-state index in [1.165, 1.54) is 6.08 Å². The highest BCUT2D eigenvalue weighted by Crippen LogP contribution is 2.29. The normalized spacial score (nSPS) is 11.0. The van der Waals surface area contributed by atoms with Gasteiger partial charge in [0.2, 0.25) is 5.91 Å². The van der Waals surface area contributed by atoms with Crippen LogP contribution in [0.1, 0.15) is 18.9 Å². The van der Waals surface area contributed by atoms with Crippen molar-refractivity contribution in [3.05, 3.63) is 72.3 Å². The Hall–Kier alpha value is -3.27. The number of amides is 1. The maximum atomic E-state index is 12.3. The van der Waals surface area contributed by atoms with Crippen LogP contribution in [0.25, 0.3) is 16.8 Å². The van der Waals surface area contributed by atoms with E-state index in [4.69, 9.17) is 4.74 Å². The minimum atomic E-state index is -0.244. The minimum Gasteiger partial charge on any atom is -0.507 e. The van der Waals surface area contributed by atoms with E-state index in [1.54, 1.807) is 24.3 Å². The molecule has 4 nitrogen and oxygen atoms in total. The van der Waals surface area contributed by atoms with Crippen molar-refractivity contribution >= 4 is 28.4 Å². The maximum absolute atomic E-state index is 12.3. The Morgan fingerprint density at radius 2 is 1.81 bits per heavy atom. The highest BCUT2D eigenvalue weighted by atomic mass is 16.5. The Balaban J connectivity index is 1.78. The average Bonchev–Trinajstić information content (AvgIpc) is 2.66. The van der Waals surface area contributed by atoms with Crippen LogP contribution >= 0.6 is 0 Å². The van der Waals surface area contributed by atoms with E-state index in [-0.39, 0.29) is 11.7 Å². The number of phenols is 1. The molecule has 0 aliphatic carbocycles. The third-order valence-corrected chi connectivity index (χ3v) is 3.95. The van der Waals surface area contributed by atoms with Crippen LogP contribution in [0.4, 0.5) is 5.69 Å². The number of fused-ring (bicyclic) bond motifs is 1. The van der Waals surface area contributed by atoms with Gasteiger partial charge >= 0.3 is 0 Å². The molecular formula is C22H21NO3. The molecule has 0 spiro atoms. The molecule has 3 aromatic rings.